The van der Waals surface area contributed by atoms with Gasteiger partial charge in [0.05, 0.1) is 20.3 Å². The van der Waals surface area contributed by atoms with Gasteiger partial charge >= 0.3 is 0 Å². The molecule has 1 aliphatic heterocycles. The van der Waals surface area contributed by atoms with Crippen molar-refractivity contribution in [3.05, 3.63) is 23.8 Å². The first-order valence-electron chi connectivity index (χ1n) is 6.07. The molecule has 1 N–H and O–H groups in total. The molecule has 1 aromatic heterocycles. The molecule has 0 saturated carbocycles. The van der Waals surface area contributed by atoms with E-state index in [9.17, 15) is 0 Å². The molecule has 3 rings (SSSR count). The summed E-state index contributed by atoms with van der Waals surface area (Å²) in [5.74, 6) is 2.24. The molecule has 1 aliphatic rings. The van der Waals surface area contributed by atoms with E-state index < -0.39 is 0 Å². The second-order valence-electron chi connectivity index (χ2n) is 4.29. The lowest BCUT2D eigenvalue weighted by Gasteiger charge is -2.25. The van der Waals surface area contributed by atoms with Crippen molar-refractivity contribution >= 4 is 5.95 Å². The Morgan fingerprint density at radius 1 is 1.32 bits per heavy atom. The number of nitrogens with zero attached hydrogens (tertiary/aromatic N) is 4. The fourth-order valence-electron chi connectivity index (χ4n) is 2.34. The van der Waals surface area contributed by atoms with E-state index in [1.807, 2.05) is 18.2 Å². The molecule has 2 aromatic rings. The van der Waals surface area contributed by atoms with E-state index in [0.29, 0.717) is 5.95 Å². The molecule has 7 heteroatoms. The summed E-state index contributed by atoms with van der Waals surface area (Å²) in [7, 11) is 3.29. The number of ether oxygens (including phenoxy) is 2. The van der Waals surface area contributed by atoms with Crippen LogP contribution < -0.4 is 14.8 Å². The summed E-state index contributed by atoms with van der Waals surface area (Å²) in [6.45, 7) is 0.834. The molecule has 1 aromatic carbocycles. The van der Waals surface area contributed by atoms with Gasteiger partial charge in [0.25, 0.3) is 0 Å². The topological polar surface area (TPSA) is 74.1 Å². The van der Waals surface area contributed by atoms with Crippen molar-refractivity contribution < 1.29 is 9.47 Å². The van der Waals surface area contributed by atoms with Crippen LogP contribution >= 0.6 is 0 Å². The normalized spacial score (nSPS) is 17.5. The Hall–Kier alpha value is -2.31. The Kier molecular flexibility index (Phi) is 2.94. The van der Waals surface area contributed by atoms with Crippen LogP contribution in [0.4, 0.5) is 5.95 Å². The van der Waals surface area contributed by atoms with Crippen LogP contribution in [0.25, 0.3) is 0 Å². The van der Waals surface area contributed by atoms with Gasteiger partial charge in [-0.2, -0.15) is 0 Å². The standard InChI is InChI=1S/C12H15N5O2/c1-18-8-3-4-9(11(7-8)19-2)10-5-6-13-12-14-15-16-17(10)12/h3-4,7,10H,5-6H2,1-2H3,(H,13,14,16). The van der Waals surface area contributed by atoms with Crippen LogP contribution in [0.15, 0.2) is 18.2 Å². The third-order valence-electron chi connectivity index (χ3n) is 3.29. The molecule has 0 bridgehead atoms. The van der Waals surface area contributed by atoms with Crippen molar-refractivity contribution in [2.75, 3.05) is 26.1 Å². The minimum Gasteiger partial charge on any atom is -0.497 e. The van der Waals surface area contributed by atoms with Gasteiger partial charge in [-0.3, -0.25) is 0 Å². The molecular weight excluding hydrogens is 246 g/mol. The second kappa shape index (κ2) is 4.75. The van der Waals surface area contributed by atoms with E-state index in [0.717, 1.165) is 30.0 Å². The van der Waals surface area contributed by atoms with Gasteiger partial charge in [0.15, 0.2) is 0 Å². The molecule has 100 valence electrons. The second-order valence-corrected chi connectivity index (χ2v) is 4.29. The number of benzene rings is 1. The SMILES string of the molecule is COc1ccc(C2CCNc3nnnn32)c(OC)c1. The van der Waals surface area contributed by atoms with Crippen molar-refractivity contribution in [3.63, 3.8) is 0 Å². The lowest BCUT2D eigenvalue weighted by molar-refractivity contribution is 0.378. The number of hydrogen-bond donors (Lipinski definition) is 1. The van der Waals surface area contributed by atoms with Gasteiger partial charge in [-0.15, -0.1) is 0 Å². The van der Waals surface area contributed by atoms with Crippen molar-refractivity contribution in [2.24, 2.45) is 0 Å². The largest absolute Gasteiger partial charge is 0.497 e. The van der Waals surface area contributed by atoms with Crippen LogP contribution in [0, 0.1) is 0 Å². The summed E-state index contributed by atoms with van der Waals surface area (Å²) >= 11 is 0. The van der Waals surface area contributed by atoms with Crippen LogP contribution in [0.1, 0.15) is 18.0 Å². The van der Waals surface area contributed by atoms with E-state index in [4.69, 9.17) is 9.47 Å². The van der Waals surface area contributed by atoms with Gasteiger partial charge in [0.2, 0.25) is 5.95 Å². The maximum Gasteiger partial charge on any atom is 0.243 e. The maximum absolute atomic E-state index is 5.45. The monoisotopic (exact) mass is 261 g/mol. The average Bonchev–Trinajstić information content (AvgIpc) is 2.95. The van der Waals surface area contributed by atoms with Gasteiger partial charge in [0.1, 0.15) is 11.5 Å². The molecule has 7 nitrogen and oxygen atoms in total. The number of rotatable bonds is 3. The third-order valence-corrected chi connectivity index (χ3v) is 3.29. The predicted molar refractivity (Wildman–Crippen MR) is 68.6 cm³/mol. The highest BCUT2D eigenvalue weighted by atomic mass is 16.5. The Labute approximate surface area is 110 Å². The van der Waals surface area contributed by atoms with E-state index in [1.165, 1.54) is 0 Å². The summed E-state index contributed by atoms with van der Waals surface area (Å²) < 4.78 is 12.4. The van der Waals surface area contributed by atoms with Gasteiger partial charge in [-0.05, 0) is 29.0 Å². The minimum atomic E-state index is 0.0760. The summed E-state index contributed by atoms with van der Waals surface area (Å²) in [5.41, 5.74) is 1.05. The fraction of sp³-hybridized carbons (Fsp3) is 0.417. The molecule has 0 radical (unpaired) electrons. The van der Waals surface area contributed by atoms with Crippen molar-refractivity contribution in [1.82, 2.24) is 20.2 Å². The molecule has 1 atom stereocenters. The number of tetrazole rings is 1. The van der Waals surface area contributed by atoms with E-state index in [2.05, 4.69) is 20.8 Å². The molecule has 19 heavy (non-hydrogen) atoms. The first kappa shape index (κ1) is 11.8. The lowest BCUT2D eigenvalue weighted by atomic mass is 10.0. The van der Waals surface area contributed by atoms with Gasteiger partial charge in [-0.25, -0.2) is 4.68 Å². The van der Waals surface area contributed by atoms with Crippen molar-refractivity contribution in [1.29, 1.82) is 0 Å². The smallest absolute Gasteiger partial charge is 0.243 e. The van der Waals surface area contributed by atoms with Crippen LogP contribution in [-0.4, -0.2) is 41.0 Å². The number of hydrogen-bond acceptors (Lipinski definition) is 6. The van der Waals surface area contributed by atoms with Crippen LogP contribution in [0.3, 0.4) is 0 Å². The molecule has 1 unspecified atom stereocenters. The molecule has 0 fully saturated rings. The molecule has 0 saturated heterocycles. The summed E-state index contributed by atoms with van der Waals surface area (Å²) in [5, 5.41) is 14.9. The number of fused-ring (bicyclic) bond motifs is 1. The Morgan fingerprint density at radius 2 is 2.21 bits per heavy atom. The highest BCUT2D eigenvalue weighted by molar-refractivity contribution is 5.44. The lowest BCUT2D eigenvalue weighted by Crippen LogP contribution is -2.25. The zero-order chi connectivity index (χ0) is 13.2. The Balaban J connectivity index is 2.04. The average molecular weight is 261 g/mol. The van der Waals surface area contributed by atoms with Gasteiger partial charge < -0.3 is 14.8 Å². The zero-order valence-electron chi connectivity index (χ0n) is 10.8. The number of methoxy groups -OCH3 is 2. The van der Waals surface area contributed by atoms with Crippen molar-refractivity contribution in [3.8, 4) is 11.5 Å². The zero-order valence-corrected chi connectivity index (χ0v) is 10.8. The predicted octanol–water partition coefficient (Wildman–Crippen LogP) is 1.10. The molecule has 0 aliphatic carbocycles. The highest BCUT2D eigenvalue weighted by Gasteiger charge is 2.26. The van der Waals surface area contributed by atoms with Gasteiger partial charge in [-0.1, -0.05) is 5.10 Å². The Morgan fingerprint density at radius 3 is 3.00 bits per heavy atom. The first-order chi connectivity index (χ1) is 9.33. The number of anilines is 1. The van der Waals surface area contributed by atoms with Crippen LogP contribution in [0.2, 0.25) is 0 Å². The summed E-state index contributed by atoms with van der Waals surface area (Å²) in [6, 6.07) is 5.87. The summed E-state index contributed by atoms with van der Waals surface area (Å²) in [4.78, 5) is 0. The van der Waals surface area contributed by atoms with Crippen LogP contribution in [0.5, 0.6) is 11.5 Å². The molecule has 0 amide bonds. The van der Waals surface area contributed by atoms with Crippen LogP contribution in [-0.2, 0) is 0 Å². The summed E-state index contributed by atoms with van der Waals surface area (Å²) in [6.07, 6.45) is 0.904. The quantitative estimate of drug-likeness (QED) is 0.891. The Bertz CT molecular complexity index is 583. The highest BCUT2D eigenvalue weighted by Crippen LogP contribution is 2.35. The van der Waals surface area contributed by atoms with Crippen molar-refractivity contribution in [2.45, 2.75) is 12.5 Å². The minimum absolute atomic E-state index is 0.0760. The van der Waals surface area contributed by atoms with Gasteiger partial charge in [0, 0.05) is 18.2 Å². The maximum atomic E-state index is 5.45. The fourth-order valence-corrected chi connectivity index (χ4v) is 2.34. The third kappa shape index (κ3) is 1.96. The molecule has 0 spiro atoms. The van der Waals surface area contributed by atoms with E-state index in [-0.39, 0.29) is 6.04 Å². The number of nitrogens with one attached hydrogen (secondary N) is 1. The molecule has 2 heterocycles. The van der Waals surface area contributed by atoms with E-state index >= 15 is 0 Å². The number of aromatic nitrogens is 4. The molecular formula is C12H15N5O2. The van der Waals surface area contributed by atoms with E-state index in [1.54, 1.807) is 18.9 Å². The first-order valence-corrected chi connectivity index (χ1v) is 6.07.